The largest absolute Gasteiger partial charge is 0.241 e. The third-order valence-corrected chi connectivity index (χ3v) is 6.83. The molecule has 0 spiro atoms. The molecule has 2 unspecified atom stereocenters. The van der Waals surface area contributed by atoms with E-state index in [-0.39, 0.29) is 0 Å². The fraction of sp³-hybridized carbons (Fsp3) is 0.533. The van der Waals surface area contributed by atoms with E-state index in [9.17, 15) is 0 Å². The van der Waals surface area contributed by atoms with Crippen molar-refractivity contribution in [3.8, 4) is 0 Å². The van der Waals surface area contributed by atoms with Gasteiger partial charge in [-0.2, -0.15) is 0 Å². The second-order valence-corrected chi connectivity index (χ2v) is 7.73. The third kappa shape index (κ3) is 1.83. The molecule has 1 heterocycles. The predicted molar refractivity (Wildman–Crippen MR) is 80.4 cm³/mol. The van der Waals surface area contributed by atoms with Crippen LogP contribution in [0.2, 0.25) is 0 Å². The number of thiazole rings is 1. The molecule has 2 atom stereocenters. The molecule has 0 radical (unpaired) electrons. The molecule has 2 saturated carbocycles. The highest BCUT2D eigenvalue weighted by atomic mass is 79.9. The zero-order valence-electron chi connectivity index (χ0n) is 10.2. The second kappa shape index (κ2) is 4.04. The van der Waals surface area contributed by atoms with Crippen LogP contribution in [0.4, 0.5) is 0 Å². The fourth-order valence-electron chi connectivity index (χ4n) is 3.62. The van der Waals surface area contributed by atoms with Crippen molar-refractivity contribution in [2.45, 2.75) is 25.7 Å². The molecule has 1 nitrogen and oxygen atoms in total. The van der Waals surface area contributed by atoms with E-state index in [1.165, 1.54) is 40.9 Å². The molecule has 0 bridgehead atoms. The highest BCUT2D eigenvalue weighted by Gasteiger charge is 2.53. The Labute approximate surface area is 120 Å². The van der Waals surface area contributed by atoms with Gasteiger partial charge >= 0.3 is 0 Å². The Hall–Kier alpha value is -0.410. The van der Waals surface area contributed by atoms with Gasteiger partial charge in [-0.3, -0.25) is 0 Å². The standard InChI is InChI=1S/C15H16BrNS/c16-9-15(6-10-5-11(10)7-15)8-14-17-12-3-1-2-4-13(12)18-14/h1-4,10-11H,5-9H2. The van der Waals surface area contributed by atoms with Gasteiger partial charge in [0.2, 0.25) is 0 Å². The average molecular weight is 322 g/mol. The number of halogens is 1. The summed E-state index contributed by atoms with van der Waals surface area (Å²) in [7, 11) is 0. The van der Waals surface area contributed by atoms with Gasteiger partial charge in [0, 0.05) is 11.8 Å². The van der Waals surface area contributed by atoms with Crippen LogP contribution in [0.1, 0.15) is 24.3 Å². The summed E-state index contributed by atoms with van der Waals surface area (Å²) in [5.41, 5.74) is 1.67. The summed E-state index contributed by atoms with van der Waals surface area (Å²) in [6.45, 7) is 0. The van der Waals surface area contributed by atoms with Crippen LogP contribution < -0.4 is 0 Å². The Bertz CT molecular complexity index is 548. The molecule has 0 amide bonds. The Morgan fingerprint density at radius 3 is 2.78 bits per heavy atom. The van der Waals surface area contributed by atoms with Crippen molar-refractivity contribution in [3.63, 3.8) is 0 Å². The molecule has 0 saturated heterocycles. The lowest BCUT2D eigenvalue weighted by molar-refractivity contribution is 0.308. The van der Waals surface area contributed by atoms with Gasteiger partial charge < -0.3 is 0 Å². The van der Waals surface area contributed by atoms with E-state index in [0.29, 0.717) is 5.41 Å². The minimum Gasteiger partial charge on any atom is -0.241 e. The van der Waals surface area contributed by atoms with Gasteiger partial charge in [-0.1, -0.05) is 28.1 Å². The zero-order valence-corrected chi connectivity index (χ0v) is 12.6. The van der Waals surface area contributed by atoms with Crippen LogP contribution in [0.25, 0.3) is 10.2 Å². The average Bonchev–Trinajstić information content (AvgIpc) is 2.85. The van der Waals surface area contributed by atoms with Crippen LogP contribution in [-0.2, 0) is 6.42 Å². The quantitative estimate of drug-likeness (QED) is 0.750. The van der Waals surface area contributed by atoms with E-state index < -0.39 is 0 Å². The number of aromatic nitrogens is 1. The van der Waals surface area contributed by atoms with Crippen LogP contribution in [0.15, 0.2) is 24.3 Å². The van der Waals surface area contributed by atoms with Crippen LogP contribution in [0, 0.1) is 17.3 Å². The highest BCUT2D eigenvalue weighted by molar-refractivity contribution is 9.09. The number of rotatable bonds is 3. The normalized spacial score (nSPS) is 33.8. The van der Waals surface area contributed by atoms with Crippen LogP contribution in [0.3, 0.4) is 0 Å². The van der Waals surface area contributed by atoms with E-state index in [1.54, 1.807) is 0 Å². The maximum Gasteiger partial charge on any atom is 0.0944 e. The Kier molecular flexibility index (Phi) is 2.56. The number of benzene rings is 1. The van der Waals surface area contributed by atoms with E-state index in [0.717, 1.165) is 17.2 Å². The summed E-state index contributed by atoms with van der Waals surface area (Å²) in [6.07, 6.45) is 5.50. The van der Waals surface area contributed by atoms with E-state index in [2.05, 4.69) is 40.2 Å². The molecule has 3 heteroatoms. The molecule has 4 rings (SSSR count). The molecule has 2 aliphatic rings. The number of alkyl halides is 1. The minimum atomic E-state index is 0.501. The van der Waals surface area contributed by atoms with Crippen molar-refractivity contribution >= 4 is 37.5 Å². The predicted octanol–water partition coefficient (Wildman–Crippen LogP) is 4.65. The first-order chi connectivity index (χ1) is 8.78. The lowest BCUT2D eigenvalue weighted by Gasteiger charge is -2.27. The van der Waals surface area contributed by atoms with Crippen molar-refractivity contribution in [1.29, 1.82) is 0 Å². The number of hydrogen-bond donors (Lipinski definition) is 0. The van der Waals surface area contributed by atoms with Crippen LogP contribution >= 0.6 is 27.3 Å². The molecule has 2 aromatic rings. The van der Waals surface area contributed by atoms with Gasteiger partial charge in [0.05, 0.1) is 15.2 Å². The smallest absolute Gasteiger partial charge is 0.0944 e. The summed E-state index contributed by atoms with van der Waals surface area (Å²) >= 11 is 5.64. The van der Waals surface area contributed by atoms with Crippen molar-refractivity contribution < 1.29 is 0 Å². The number of fused-ring (bicyclic) bond motifs is 2. The summed E-state index contributed by atoms with van der Waals surface area (Å²) in [5, 5.41) is 2.47. The second-order valence-electron chi connectivity index (χ2n) is 6.05. The summed E-state index contributed by atoms with van der Waals surface area (Å²) in [5.74, 6) is 2.08. The van der Waals surface area contributed by atoms with Gasteiger partial charge in [0.15, 0.2) is 0 Å². The first-order valence-electron chi connectivity index (χ1n) is 6.68. The molecule has 2 aliphatic carbocycles. The third-order valence-electron chi connectivity index (χ3n) is 4.61. The van der Waals surface area contributed by atoms with E-state index in [1.807, 2.05) is 11.3 Å². The van der Waals surface area contributed by atoms with Crippen molar-refractivity contribution in [3.05, 3.63) is 29.3 Å². The molecule has 1 aromatic heterocycles. The van der Waals surface area contributed by atoms with Crippen molar-refractivity contribution in [2.75, 3.05) is 5.33 Å². The van der Waals surface area contributed by atoms with Gasteiger partial charge in [-0.25, -0.2) is 4.98 Å². The topological polar surface area (TPSA) is 12.9 Å². The van der Waals surface area contributed by atoms with Crippen LogP contribution in [0.5, 0.6) is 0 Å². The highest BCUT2D eigenvalue weighted by Crippen LogP contribution is 2.61. The summed E-state index contributed by atoms with van der Waals surface area (Å²) < 4.78 is 1.33. The molecule has 94 valence electrons. The first kappa shape index (κ1) is 11.4. The van der Waals surface area contributed by atoms with Gasteiger partial charge in [0.1, 0.15) is 0 Å². The monoisotopic (exact) mass is 321 g/mol. The molecule has 0 N–H and O–H groups in total. The maximum absolute atomic E-state index is 4.81. The van der Waals surface area contributed by atoms with Crippen molar-refractivity contribution in [1.82, 2.24) is 4.98 Å². The zero-order chi connectivity index (χ0) is 12.2. The Balaban J connectivity index is 1.63. The summed E-state index contributed by atoms with van der Waals surface area (Å²) in [4.78, 5) is 4.81. The Morgan fingerprint density at radius 2 is 2.06 bits per heavy atom. The lowest BCUT2D eigenvalue weighted by atomic mass is 9.82. The van der Waals surface area contributed by atoms with Crippen molar-refractivity contribution in [2.24, 2.45) is 17.3 Å². The van der Waals surface area contributed by atoms with Gasteiger partial charge in [0.25, 0.3) is 0 Å². The number of nitrogens with zero attached hydrogens (tertiary/aromatic N) is 1. The lowest BCUT2D eigenvalue weighted by Crippen LogP contribution is -2.23. The number of para-hydroxylation sites is 1. The molecule has 2 fully saturated rings. The van der Waals surface area contributed by atoms with E-state index in [4.69, 9.17) is 4.98 Å². The number of hydrogen-bond acceptors (Lipinski definition) is 2. The molecule has 1 aromatic carbocycles. The maximum atomic E-state index is 4.81. The van der Waals surface area contributed by atoms with E-state index >= 15 is 0 Å². The SMILES string of the molecule is BrCC1(Cc2nc3ccccc3s2)CC2CC2C1. The molecule has 0 aliphatic heterocycles. The fourth-order valence-corrected chi connectivity index (χ4v) is 5.42. The molecular formula is C15H16BrNS. The van der Waals surface area contributed by atoms with Gasteiger partial charge in [-0.15, -0.1) is 11.3 Å². The first-order valence-corrected chi connectivity index (χ1v) is 8.62. The molecular weight excluding hydrogens is 306 g/mol. The van der Waals surface area contributed by atoms with Gasteiger partial charge in [-0.05, 0) is 48.6 Å². The summed E-state index contributed by atoms with van der Waals surface area (Å²) in [6, 6.07) is 8.50. The Morgan fingerprint density at radius 1 is 1.28 bits per heavy atom. The minimum absolute atomic E-state index is 0.501. The molecule has 18 heavy (non-hydrogen) atoms. The van der Waals surface area contributed by atoms with Crippen LogP contribution in [-0.4, -0.2) is 10.3 Å².